The Balaban J connectivity index is 1.96. The lowest BCUT2D eigenvalue weighted by molar-refractivity contribution is 0.398. The molecule has 1 unspecified atom stereocenters. The van der Waals surface area contributed by atoms with Gasteiger partial charge in [0.1, 0.15) is 17.4 Å². The molecule has 0 saturated carbocycles. The molecule has 0 radical (unpaired) electrons. The van der Waals surface area contributed by atoms with Gasteiger partial charge < -0.3 is 15.0 Å². The summed E-state index contributed by atoms with van der Waals surface area (Å²) < 4.78 is 19.2. The molecule has 0 aliphatic carbocycles. The Kier molecular flexibility index (Phi) is 6.35. The molecule has 1 N–H and O–H groups in total. The van der Waals surface area contributed by atoms with Gasteiger partial charge in [-0.3, -0.25) is 4.99 Å². The summed E-state index contributed by atoms with van der Waals surface area (Å²) in [7, 11) is 1.67. The molecular formula is C23H30FN3O. The number of hydrogen-bond donors (Lipinski definition) is 1. The first-order chi connectivity index (χ1) is 13.4. The van der Waals surface area contributed by atoms with Gasteiger partial charge in [-0.05, 0) is 69.1 Å². The average Bonchev–Trinajstić information content (AvgIpc) is 2.84. The third-order valence-corrected chi connectivity index (χ3v) is 4.70. The van der Waals surface area contributed by atoms with Crippen LogP contribution in [0.4, 0.5) is 4.39 Å². The van der Waals surface area contributed by atoms with E-state index in [1.165, 1.54) is 11.6 Å². The van der Waals surface area contributed by atoms with E-state index in [0.29, 0.717) is 0 Å². The van der Waals surface area contributed by atoms with Crippen molar-refractivity contribution < 1.29 is 9.13 Å². The Bertz CT molecular complexity index is 811. The van der Waals surface area contributed by atoms with E-state index in [9.17, 15) is 4.39 Å². The molecule has 2 aromatic carbocycles. The van der Waals surface area contributed by atoms with E-state index in [-0.39, 0.29) is 17.4 Å². The summed E-state index contributed by atoms with van der Waals surface area (Å²) in [5, 5.41) is 3.57. The van der Waals surface area contributed by atoms with Gasteiger partial charge in [0.05, 0.1) is 18.7 Å². The number of hydrogen-bond acceptors (Lipinski definition) is 3. The van der Waals surface area contributed by atoms with Gasteiger partial charge in [0.2, 0.25) is 0 Å². The summed E-state index contributed by atoms with van der Waals surface area (Å²) in [6.07, 6.45) is 1.01. The lowest BCUT2D eigenvalue weighted by Crippen LogP contribution is -2.39. The highest BCUT2D eigenvalue weighted by atomic mass is 19.1. The molecule has 1 fully saturated rings. The van der Waals surface area contributed by atoms with Crippen molar-refractivity contribution in [3.63, 3.8) is 0 Å². The van der Waals surface area contributed by atoms with Crippen LogP contribution in [0.1, 0.15) is 44.4 Å². The second-order valence-electron chi connectivity index (χ2n) is 8.21. The summed E-state index contributed by atoms with van der Waals surface area (Å²) in [5.74, 6) is 1.59. The SMILES string of the molecule is COc1ccc(CN2CCCNC(c3cccc(F)c3)/C2=N/C(C)(C)C)cc1. The normalized spacial score (nSPS) is 19.5. The van der Waals surface area contributed by atoms with Crippen LogP contribution in [0.25, 0.3) is 0 Å². The molecule has 2 aromatic rings. The van der Waals surface area contributed by atoms with Crippen LogP contribution in [-0.4, -0.2) is 36.5 Å². The standard InChI is InChI=1S/C23H30FN3O/c1-23(2,3)26-22-21(18-7-5-8-19(24)15-18)25-13-6-14-27(22)16-17-9-11-20(28-4)12-10-17/h5,7-12,15,21,25H,6,13-14,16H2,1-4H3/b26-22-. The van der Waals surface area contributed by atoms with Gasteiger partial charge in [0.15, 0.2) is 0 Å². The van der Waals surface area contributed by atoms with Crippen LogP contribution in [0.2, 0.25) is 0 Å². The van der Waals surface area contributed by atoms with Crippen LogP contribution in [0, 0.1) is 5.82 Å². The van der Waals surface area contributed by atoms with Crippen LogP contribution in [-0.2, 0) is 6.54 Å². The van der Waals surface area contributed by atoms with Crippen LogP contribution in [0.5, 0.6) is 5.75 Å². The Morgan fingerprint density at radius 1 is 1.18 bits per heavy atom. The van der Waals surface area contributed by atoms with Crippen molar-refractivity contribution in [1.29, 1.82) is 0 Å². The first kappa shape index (κ1) is 20.3. The summed E-state index contributed by atoms with van der Waals surface area (Å²) in [6, 6.07) is 14.8. The minimum atomic E-state index is -0.231. The van der Waals surface area contributed by atoms with Crippen LogP contribution < -0.4 is 10.1 Å². The van der Waals surface area contributed by atoms with E-state index in [4.69, 9.17) is 9.73 Å². The van der Waals surface area contributed by atoms with Crippen molar-refractivity contribution in [1.82, 2.24) is 10.2 Å². The number of aliphatic imine (C=N–C) groups is 1. The number of nitrogens with one attached hydrogen (secondary N) is 1. The third-order valence-electron chi connectivity index (χ3n) is 4.70. The van der Waals surface area contributed by atoms with Crippen molar-refractivity contribution in [3.05, 3.63) is 65.5 Å². The van der Waals surface area contributed by atoms with E-state index in [2.05, 4.69) is 43.1 Å². The zero-order valence-electron chi connectivity index (χ0n) is 17.2. The number of methoxy groups -OCH3 is 1. The minimum Gasteiger partial charge on any atom is -0.497 e. The van der Waals surface area contributed by atoms with E-state index < -0.39 is 0 Å². The van der Waals surface area contributed by atoms with Gasteiger partial charge in [0, 0.05) is 13.1 Å². The Labute approximate surface area is 167 Å². The highest BCUT2D eigenvalue weighted by Crippen LogP contribution is 2.25. The molecule has 3 rings (SSSR count). The van der Waals surface area contributed by atoms with Gasteiger partial charge in [-0.15, -0.1) is 0 Å². The van der Waals surface area contributed by atoms with Gasteiger partial charge in [0.25, 0.3) is 0 Å². The molecule has 1 aliphatic rings. The maximum atomic E-state index is 13.9. The predicted molar refractivity (Wildman–Crippen MR) is 112 cm³/mol. The molecule has 0 amide bonds. The molecule has 1 saturated heterocycles. The molecule has 1 atom stereocenters. The second kappa shape index (κ2) is 8.74. The Morgan fingerprint density at radius 3 is 2.57 bits per heavy atom. The molecular weight excluding hydrogens is 353 g/mol. The van der Waals surface area contributed by atoms with Crippen molar-refractivity contribution in [2.75, 3.05) is 20.2 Å². The lowest BCUT2D eigenvalue weighted by Gasteiger charge is -2.31. The first-order valence-electron chi connectivity index (χ1n) is 9.82. The second-order valence-corrected chi connectivity index (χ2v) is 8.21. The number of rotatable bonds is 4. The quantitative estimate of drug-likeness (QED) is 0.840. The molecule has 1 heterocycles. The molecule has 0 aromatic heterocycles. The zero-order valence-corrected chi connectivity index (χ0v) is 17.2. The van der Waals surface area contributed by atoms with Crippen molar-refractivity contribution in [3.8, 4) is 5.75 Å². The van der Waals surface area contributed by atoms with E-state index in [1.807, 2.05) is 18.2 Å². The van der Waals surface area contributed by atoms with Crippen LogP contribution >= 0.6 is 0 Å². The largest absolute Gasteiger partial charge is 0.497 e. The molecule has 28 heavy (non-hydrogen) atoms. The Morgan fingerprint density at radius 2 is 1.93 bits per heavy atom. The number of ether oxygens (including phenoxy) is 1. The molecule has 0 spiro atoms. The van der Waals surface area contributed by atoms with E-state index in [0.717, 1.165) is 43.2 Å². The number of halogens is 1. The maximum Gasteiger partial charge on any atom is 0.123 e. The Hall–Kier alpha value is -2.40. The third kappa shape index (κ3) is 5.32. The van der Waals surface area contributed by atoms with Crippen LogP contribution in [0.15, 0.2) is 53.5 Å². The molecule has 5 heteroatoms. The highest BCUT2D eigenvalue weighted by molar-refractivity contribution is 5.89. The fourth-order valence-corrected chi connectivity index (χ4v) is 3.45. The number of benzene rings is 2. The zero-order chi connectivity index (χ0) is 20.1. The fourth-order valence-electron chi connectivity index (χ4n) is 3.45. The lowest BCUT2D eigenvalue weighted by atomic mass is 10.0. The van der Waals surface area contributed by atoms with Gasteiger partial charge in [-0.1, -0.05) is 24.3 Å². The van der Waals surface area contributed by atoms with Gasteiger partial charge in [-0.2, -0.15) is 0 Å². The predicted octanol–water partition coefficient (Wildman–Crippen LogP) is 4.57. The number of amidine groups is 1. The first-order valence-corrected chi connectivity index (χ1v) is 9.82. The van der Waals surface area contributed by atoms with Crippen molar-refractivity contribution in [2.24, 2.45) is 4.99 Å². The minimum absolute atomic E-state index is 0.129. The summed E-state index contributed by atoms with van der Waals surface area (Å²) in [6.45, 7) is 8.81. The smallest absolute Gasteiger partial charge is 0.123 e. The molecule has 4 nitrogen and oxygen atoms in total. The molecule has 0 bridgehead atoms. The summed E-state index contributed by atoms with van der Waals surface area (Å²) >= 11 is 0. The maximum absolute atomic E-state index is 13.9. The highest BCUT2D eigenvalue weighted by Gasteiger charge is 2.28. The monoisotopic (exact) mass is 383 g/mol. The van der Waals surface area contributed by atoms with E-state index >= 15 is 0 Å². The fraction of sp³-hybridized carbons (Fsp3) is 0.435. The van der Waals surface area contributed by atoms with Gasteiger partial charge in [-0.25, -0.2) is 4.39 Å². The summed E-state index contributed by atoms with van der Waals surface area (Å²) in [5.41, 5.74) is 1.87. The van der Waals surface area contributed by atoms with Crippen LogP contribution in [0.3, 0.4) is 0 Å². The molecule has 150 valence electrons. The summed E-state index contributed by atoms with van der Waals surface area (Å²) in [4.78, 5) is 7.38. The number of nitrogens with zero attached hydrogens (tertiary/aromatic N) is 2. The molecule has 1 aliphatic heterocycles. The van der Waals surface area contributed by atoms with Crippen molar-refractivity contribution >= 4 is 5.84 Å². The van der Waals surface area contributed by atoms with Gasteiger partial charge >= 0.3 is 0 Å². The topological polar surface area (TPSA) is 36.9 Å². The van der Waals surface area contributed by atoms with Crippen molar-refractivity contribution in [2.45, 2.75) is 45.3 Å². The average molecular weight is 384 g/mol. The van der Waals surface area contributed by atoms with E-state index in [1.54, 1.807) is 19.2 Å².